The molecule has 1 heterocycles. The van der Waals surface area contributed by atoms with Crippen molar-refractivity contribution < 1.29 is 13.2 Å². The van der Waals surface area contributed by atoms with Crippen LogP contribution in [0.4, 0.5) is 5.95 Å². The Hall–Kier alpha value is -2.09. The van der Waals surface area contributed by atoms with Gasteiger partial charge >= 0.3 is 6.01 Å². The first-order valence-electron chi connectivity index (χ1n) is 6.78. The standard InChI is InChI=1S/C13H16N4O3S/c1-2-20-13-14-12(15-16-13)17-21(18,19)11-7-6-9-4-3-5-10(9)8-11/h6-8H,2-5H2,1H3,(H2,14,15,16,17). The zero-order valence-electron chi connectivity index (χ0n) is 11.6. The van der Waals surface area contributed by atoms with E-state index in [1.165, 1.54) is 5.56 Å². The molecule has 8 heteroatoms. The quantitative estimate of drug-likeness (QED) is 0.872. The Bertz CT molecular complexity index is 755. The summed E-state index contributed by atoms with van der Waals surface area (Å²) < 4.78 is 32.1. The predicted octanol–water partition coefficient (Wildman–Crippen LogP) is 1.49. The SMILES string of the molecule is CCOc1n[nH]c(NS(=O)(=O)c2ccc3c(c2)CCC3)n1. The van der Waals surface area contributed by atoms with E-state index in [0.717, 1.165) is 24.8 Å². The summed E-state index contributed by atoms with van der Waals surface area (Å²) in [4.78, 5) is 4.14. The van der Waals surface area contributed by atoms with Crippen LogP contribution in [0.5, 0.6) is 6.01 Å². The molecule has 1 aliphatic rings. The van der Waals surface area contributed by atoms with E-state index in [1.807, 2.05) is 6.07 Å². The van der Waals surface area contributed by atoms with Crippen LogP contribution in [0.15, 0.2) is 23.1 Å². The van der Waals surface area contributed by atoms with Gasteiger partial charge in [-0.05, 0) is 49.4 Å². The molecule has 0 fully saturated rings. The van der Waals surface area contributed by atoms with Gasteiger partial charge in [0.25, 0.3) is 10.0 Å². The maximum atomic E-state index is 12.3. The smallest absolute Gasteiger partial charge is 0.337 e. The van der Waals surface area contributed by atoms with Crippen LogP contribution in [0.1, 0.15) is 24.5 Å². The third-order valence-electron chi connectivity index (χ3n) is 3.35. The maximum Gasteiger partial charge on any atom is 0.337 e. The van der Waals surface area contributed by atoms with Crippen molar-refractivity contribution in [3.8, 4) is 6.01 Å². The minimum atomic E-state index is -3.68. The zero-order valence-corrected chi connectivity index (χ0v) is 12.4. The first kappa shape index (κ1) is 13.9. The molecule has 1 aromatic carbocycles. The molecule has 2 N–H and O–H groups in total. The Morgan fingerprint density at radius 3 is 2.95 bits per heavy atom. The van der Waals surface area contributed by atoms with Gasteiger partial charge in [0.2, 0.25) is 5.95 Å². The number of nitrogens with one attached hydrogen (secondary N) is 2. The number of fused-ring (bicyclic) bond motifs is 1. The number of ether oxygens (including phenoxy) is 1. The Morgan fingerprint density at radius 1 is 1.33 bits per heavy atom. The van der Waals surface area contributed by atoms with Crippen LogP contribution in [0.3, 0.4) is 0 Å². The number of aryl methyl sites for hydroxylation is 2. The fourth-order valence-electron chi connectivity index (χ4n) is 2.39. The highest BCUT2D eigenvalue weighted by Gasteiger charge is 2.20. The van der Waals surface area contributed by atoms with E-state index < -0.39 is 10.0 Å². The minimum Gasteiger partial charge on any atom is -0.463 e. The van der Waals surface area contributed by atoms with Crippen molar-refractivity contribution in [3.63, 3.8) is 0 Å². The maximum absolute atomic E-state index is 12.3. The molecular weight excluding hydrogens is 292 g/mol. The predicted molar refractivity (Wildman–Crippen MR) is 76.8 cm³/mol. The fraction of sp³-hybridized carbons (Fsp3) is 0.385. The first-order chi connectivity index (χ1) is 10.1. The van der Waals surface area contributed by atoms with Gasteiger partial charge < -0.3 is 4.74 Å². The Balaban J connectivity index is 1.82. The summed E-state index contributed by atoms with van der Waals surface area (Å²) >= 11 is 0. The second-order valence-electron chi connectivity index (χ2n) is 4.79. The molecule has 7 nitrogen and oxygen atoms in total. The number of H-pyrrole nitrogens is 1. The number of aromatic nitrogens is 3. The van der Waals surface area contributed by atoms with Gasteiger partial charge in [-0.2, -0.15) is 4.98 Å². The lowest BCUT2D eigenvalue weighted by Gasteiger charge is -2.07. The number of hydrogen-bond donors (Lipinski definition) is 2. The van der Waals surface area contributed by atoms with Gasteiger partial charge in [-0.15, -0.1) is 5.10 Å². The van der Waals surface area contributed by atoms with E-state index in [1.54, 1.807) is 19.1 Å². The number of benzene rings is 1. The number of sulfonamides is 1. The van der Waals surface area contributed by atoms with Crippen LogP contribution < -0.4 is 9.46 Å². The van der Waals surface area contributed by atoms with Crippen molar-refractivity contribution in [2.75, 3.05) is 11.3 Å². The van der Waals surface area contributed by atoms with E-state index in [0.29, 0.717) is 6.61 Å². The van der Waals surface area contributed by atoms with Crippen LogP contribution in [-0.2, 0) is 22.9 Å². The molecule has 0 unspecified atom stereocenters. The van der Waals surface area contributed by atoms with E-state index in [2.05, 4.69) is 19.9 Å². The summed E-state index contributed by atoms with van der Waals surface area (Å²) in [5.41, 5.74) is 2.33. The molecule has 1 aromatic heterocycles. The van der Waals surface area contributed by atoms with Crippen molar-refractivity contribution in [2.24, 2.45) is 0 Å². The molecule has 2 aromatic rings. The molecule has 0 radical (unpaired) electrons. The summed E-state index contributed by atoms with van der Waals surface area (Å²) in [5.74, 6) is 0.0407. The number of hydrogen-bond acceptors (Lipinski definition) is 5. The topological polar surface area (TPSA) is 97.0 Å². The Labute approximate surface area is 122 Å². The summed E-state index contributed by atoms with van der Waals surface area (Å²) in [6.45, 7) is 2.21. The lowest BCUT2D eigenvalue weighted by atomic mass is 10.1. The second kappa shape index (κ2) is 5.36. The fourth-order valence-corrected chi connectivity index (χ4v) is 3.40. The molecule has 1 aliphatic carbocycles. The molecule has 0 spiro atoms. The first-order valence-corrected chi connectivity index (χ1v) is 8.26. The monoisotopic (exact) mass is 308 g/mol. The molecule has 0 amide bonds. The van der Waals surface area contributed by atoms with E-state index in [4.69, 9.17) is 4.74 Å². The van der Waals surface area contributed by atoms with Gasteiger partial charge in [0.05, 0.1) is 11.5 Å². The van der Waals surface area contributed by atoms with Gasteiger partial charge in [-0.1, -0.05) is 6.07 Å². The average Bonchev–Trinajstić information content (AvgIpc) is 3.07. The highest BCUT2D eigenvalue weighted by Crippen LogP contribution is 2.25. The van der Waals surface area contributed by atoms with Crippen LogP contribution in [0.2, 0.25) is 0 Å². The van der Waals surface area contributed by atoms with E-state index in [9.17, 15) is 8.42 Å². The van der Waals surface area contributed by atoms with Crippen LogP contribution in [0.25, 0.3) is 0 Å². The lowest BCUT2D eigenvalue weighted by Crippen LogP contribution is -2.14. The van der Waals surface area contributed by atoms with E-state index >= 15 is 0 Å². The van der Waals surface area contributed by atoms with Gasteiger partial charge in [0.15, 0.2) is 0 Å². The highest BCUT2D eigenvalue weighted by atomic mass is 32.2. The van der Waals surface area contributed by atoms with Gasteiger partial charge in [-0.3, -0.25) is 0 Å². The summed E-state index contributed by atoms with van der Waals surface area (Å²) in [7, 11) is -3.68. The summed E-state index contributed by atoms with van der Waals surface area (Å²) in [6.07, 6.45) is 3.02. The van der Waals surface area contributed by atoms with Crippen molar-refractivity contribution in [1.82, 2.24) is 15.2 Å². The average molecular weight is 308 g/mol. The van der Waals surface area contributed by atoms with Gasteiger partial charge in [0, 0.05) is 0 Å². The Kier molecular flexibility index (Phi) is 3.54. The number of nitrogens with zero attached hydrogens (tertiary/aromatic N) is 2. The lowest BCUT2D eigenvalue weighted by molar-refractivity contribution is 0.314. The number of rotatable bonds is 5. The molecule has 21 heavy (non-hydrogen) atoms. The van der Waals surface area contributed by atoms with Gasteiger partial charge in [-0.25, -0.2) is 18.2 Å². The van der Waals surface area contributed by atoms with Crippen molar-refractivity contribution >= 4 is 16.0 Å². The molecular formula is C13H16N4O3S. The zero-order chi connectivity index (χ0) is 14.9. The van der Waals surface area contributed by atoms with Crippen molar-refractivity contribution in [2.45, 2.75) is 31.1 Å². The van der Waals surface area contributed by atoms with Crippen molar-refractivity contribution in [3.05, 3.63) is 29.3 Å². The second-order valence-corrected chi connectivity index (χ2v) is 6.47. The molecule has 0 saturated heterocycles. The normalized spacial score (nSPS) is 14.0. The van der Waals surface area contributed by atoms with Crippen molar-refractivity contribution in [1.29, 1.82) is 0 Å². The van der Waals surface area contributed by atoms with E-state index in [-0.39, 0.29) is 16.9 Å². The summed E-state index contributed by atoms with van der Waals surface area (Å²) in [5, 5.41) is 6.25. The molecule has 0 aliphatic heterocycles. The molecule has 0 bridgehead atoms. The number of aromatic amines is 1. The molecule has 0 saturated carbocycles. The molecule has 0 atom stereocenters. The number of anilines is 1. The van der Waals surface area contributed by atoms with Crippen LogP contribution in [-0.4, -0.2) is 30.2 Å². The van der Waals surface area contributed by atoms with Crippen LogP contribution >= 0.6 is 0 Å². The summed E-state index contributed by atoms with van der Waals surface area (Å²) in [6, 6.07) is 5.34. The van der Waals surface area contributed by atoms with Gasteiger partial charge in [0.1, 0.15) is 0 Å². The Morgan fingerprint density at radius 2 is 2.14 bits per heavy atom. The molecule has 112 valence electrons. The van der Waals surface area contributed by atoms with Crippen LogP contribution in [0, 0.1) is 0 Å². The molecule has 3 rings (SSSR count). The highest BCUT2D eigenvalue weighted by molar-refractivity contribution is 7.92. The third-order valence-corrected chi connectivity index (χ3v) is 4.69. The largest absolute Gasteiger partial charge is 0.463 e. The minimum absolute atomic E-state index is 0.0407. The third kappa shape index (κ3) is 2.85.